The van der Waals surface area contributed by atoms with E-state index in [9.17, 15) is 4.79 Å². The highest BCUT2D eigenvalue weighted by molar-refractivity contribution is 5.97. The molecule has 1 aliphatic rings. The molecule has 1 saturated heterocycles. The van der Waals surface area contributed by atoms with Crippen LogP contribution >= 0.6 is 0 Å². The zero-order valence-corrected chi connectivity index (χ0v) is 11.5. The maximum Gasteiger partial charge on any atom is 0.163 e. The molecule has 0 spiro atoms. The summed E-state index contributed by atoms with van der Waals surface area (Å²) in [6.45, 7) is 1.53. The molecule has 0 saturated carbocycles. The second kappa shape index (κ2) is 6.57. The SMILES string of the molecule is COc1cc(OC)cc(C(=O)CC2CCOCC2)c1. The number of ether oxygens (including phenoxy) is 3. The first-order valence-corrected chi connectivity index (χ1v) is 6.57. The Hall–Kier alpha value is -1.55. The number of hydrogen-bond donors (Lipinski definition) is 0. The topological polar surface area (TPSA) is 44.8 Å². The van der Waals surface area contributed by atoms with Gasteiger partial charge in [-0.25, -0.2) is 0 Å². The normalized spacial score (nSPS) is 16.1. The lowest BCUT2D eigenvalue weighted by molar-refractivity contribution is 0.0601. The lowest BCUT2D eigenvalue weighted by Gasteiger charge is -2.21. The molecular weight excluding hydrogens is 244 g/mol. The van der Waals surface area contributed by atoms with Crippen LogP contribution in [-0.4, -0.2) is 33.2 Å². The third kappa shape index (κ3) is 3.70. The number of Topliss-reactive ketones (excluding diaryl/α,β-unsaturated/α-hetero) is 1. The van der Waals surface area contributed by atoms with Crippen LogP contribution in [0.5, 0.6) is 11.5 Å². The summed E-state index contributed by atoms with van der Waals surface area (Å²) in [6.07, 6.45) is 2.50. The van der Waals surface area contributed by atoms with Gasteiger partial charge in [0.1, 0.15) is 11.5 Å². The summed E-state index contributed by atoms with van der Waals surface area (Å²) in [5, 5.41) is 0. The molecule has 0 atom stereocenters. The van der Waals surface area contributed by atoms with Crippen molar-refractivity contribution >= 4 is 5.78 Å². The van der Waals surface area contributed by atoms with Crippen molar-refractivity contribution in [3.05, 3.63) is 23.8 Å². The molecule has 1 heterocycles. The fourth-order valence-corrected chi connectivity index (χ4v) is 2.30. The van der Waals surface area contributed by atoms with Gasteiger partial charge in [0, 0.05) is 31.3 Å². The van der Waals surface area contributed by atoms with E-state index >= 15 is 0 Å². The molecule has 0 N–H and O–H groups in total. The molecule has 1 aromatic rings. The van der Waals surface area contributed by atoms with E-state index in [1.807, 2.05) is 0 Å². The summed E-state index contributed by atoms with van der Waals surface area (Å²) < 4.78 is 15.7. The first-order chi connectivity index (χ1) is 9.22. The third-order valence-corrected chi connectivity index (χ3v) is 3.49. The molecule has 0 bridgehead atoms. The Balaban J connectivity index is 2.08. The van der Waals surface area contributed by atoms with E-state index in [4.69, 9.17) is 14.2 Å². The van der Waals surface area contributed by atoms with Crippen molar-refractivity contribution in [1.82, 2.24) is 0 Å². The Morgan fingerprint density at radius 3 is 2.26 bits per heavy atom. The van der Waals surface area contributed by atoms with E-state index in [1.165, 1.54) is 0 Å². The van der Waals surface area contributed by atoms with Gasteiger partial charge in [0.2, 0.25) is 0 Å². The lowest BCUT2D eigenvalue weighted by atomic mass is 9.92. The second-order valence-corrected chi connectivity index (χ2v) is 4.78. The van der Waals surface area contributed by atoms with Gasteiger partial charge in [0.05, 0.1) is 14.2 Å². The van der Waals surface area contributed by atoms with Gasteiger partial charge in [-0.2, -0.15) is 0 Å². The van der Waals surface area contributed by atoms with Crippen molar-refractivity contribution in [1.29, 1.82) is 0 Å². The smallest absolute Gasteiger partial charge is 0.163 e. The Bertz CT molecular complexity index is 414. The van der Waals surface area contributed by atoms with Gasteiger partial charge >= 0.3 is 0 Å². The number of hydrogen-bond acceptors (Lipinski definition) is 4. The number of ketones is 1. The quantitative estimate of drug-likeness (QED) is 0.767. The summed E-state index contributed by atoms with van der Waals surface area (Å²) in [5.41, 5.74) is 0.655. The largest absolute Gasteiger partial charge is 0.497 e. The Morgan fingerprint density at radius 1 is 1.16 bits per heavy atom. The zero-order chi connectivity index (χ0) is 13.7. The van der Waals surface area contributed by atoms with Crippen LogP contribution in [0.15, 0.2) is 18.2 Å². The summed E-state index contributed by atoms with van der Waals surface area (Å²) in [4.78, 5) is 12.3. The van der Waals surface area contributed by atoms with Gasteiger partial charge in [-0.3, -0.25) is 4.79 Å². The number of carbonyl (C=O) groups excluding carboxylic acids is 1. The van der Waals surface area contributed by atoms with Crippen molar-refractivity contribution in [3.8, 4) is 11.5 Å². The molecule has 1 aromatic carbocycles. The molecule has 104 valence electrons. The van der Waals surface area contributed by atoms with Crippen LogP contribution in [0.25, 0.3) is 0 Å². The Labute approximate surface area is 113 Å². The lowest BCUT2D eigenvalue weighted by Crippen LogP contribution is -2.18. The van der Waals surface area contributed by atoms with E-state index in [2.05, 4.69) is 0 Å². The number of benzene rings is 1. The molecule has 2 rings (SSSR count). The third-order valence-electron chi connectivity index (χ3n) is 3.49. The number of methoxy groups -OCH3 is 2. The van der Waals surface area contributed by atoms with E-state index in [0.29, 0.717) is 29.4 Å². The van der Waals surface area contributed by atoms with Gasteiger partial charge in [0.25, 0.3) is 0 Å². The van der Waals surface area contributed by atoms with Crippen molar-refractivity contribution in [2.24, 2.45) is 5.92 Å². The summed E-state index contributed by atoms with van der Waals surface area (Å²) in [5.74, 6) is 1.87. The predicted molar refractivity (Wildman–Crippen MR) is 72.0 cm³/mol. The molecule has 0 unspecified atom stereocenters. The van der Waals surface area contributed by atoms with Crippen LogP contribution in [0.1, 0.15) is 29.6 Å². The fraction of sp³-hybridized carbons (Fsp3) is 0.533. The van der Waals surface area contributed by atoms with Crippen LogP contribution in [0.2, 0.25) is 0 Å². The van der Waals surface area contributed by atoms with Crippen molar-refractivity contribution in [3.63, 3.8) is 0 Å². The summed E-state index contributed by atoms with van der Waals surface area (Å²) in [7, 11) is 3.17. The van der Waals surface area contributed by atoms with Crippen LogP contribution in [0.4, 0.5) is 0 Å². The van der Waals surface area contributed by atoms with Crippen molar-refractivity contribution in [2.45, 2.75) is 19.3 Å². The first-order valence-electron chi connectivity index (χ1n) is 6.57. The van der Waals surface area contributed by atoms with Crippen LogP contribution < -0.4 is 9.47 Å². The molecule has 0 aliphatic carbocycles. The van der Waals surface area contributed by atoms with Crippen LogP contribution in [-0.2, 0) is 4.74 Å². The molecule has 4 nitrogen and oxygen atoms in total. The highest BCUT2D eigenvalue weighted by atomic mass is 16.5. The average Bonchev–Trinajstić information content (AvgIpc) is 2.47. The molecule has 0 radical (unpaired) electrons. The predicted octanol–water partition coefficient (Wildman–Crippen LogP) is 2.70. The highest BCUT2D eigenvalue weighted by Gasteiger charge is 2.19. The van der Waals surface area contributed by atoms with E-state index in [-0.39, 0.29) is 5.78 Å². The maximum atomic E-state index is 12.3. The van der Waals surface area contributed by atoms with Gasteiger partial charge < -0.3 is 14.2 Å². The molecule has 0 amide bonds. The van der Waals surface area contributed by atoms with Crippen molar-refractivity contribution < 1.29 is 19.0 Å². The zero-order valence-electron chi connectivity index (χ0n) is 11.5. The number of carbonyl (C=O) groups is 1. The number of rotatable bonds is 5. The highest BCUT2D eigenvalue weighted by Crippen LogP contribution is 2.26. The second-order valence-electron chi connectivity index (χ2n) is 4.78. The van der Waals surface area contributed by atoms with E-state index < -0.39 is 0 Å². The molecule has 4 heteroatoms. The molecular formula is C15H20O4. The average molecular weight is 264 g/mol. The summed E-state index contributed by atoms with van der Waals surface area (Å²) >= 11 is 0. The first kappa shape index (κ1) is 13.9. The fourth-order valence-electron chi connectivity index (χ4n) is 2.30. The van der Waals surface area contributed by atoms with Gasteiger partial charge in [-0.05, 0) is 30.9 Å². The van der Waals surface area contributed by atoms with Crippen LogP contribution in [0, 0.1) is 5.92 Å². The van der Waals surface area contributed by atoms with Crippen LogP contribution in [0.3, 0.4) is 0 Å². The van der Waals surface area contributed by atoms with Crippen molar-refractivity contribution in [2.75, 3.05) is 27.4 Å². The van der Waals surface area contributed by atoms with Gasteiger partial charge in [-0.15, -0.1) is 0 Å². The molecule has 1 fully saturated rings. The molecule has 0 aromatic heterocycles. The Morgan fingerprint density at radius 2 is 1.74 bits per heavy atom. The molecule has 1 aliphatic heterocycles. The van der Waals surface area contributed by atoms with E-state index in [1.54, 1.807) is 32.4 Å². The Kier molecular flexibility index (Phi) is 4.80. The minimum absolute atomic E-state index is 0.143. The maximum absolute atomic E-state index is 12.3. The molecule has 19 heavy (non-hydrogen) atoms. The summed E-state index contributed by atoms with van der Waals surface area (Å²) in [6, 6.07) is 5.31. The minimum atomic E-state index is 0.143. The van der Waals surface area contributed by atoms with Gasteiger partial charge in [-0.1, -0.05) is 0 Å². The minimum Gasteiger partial charge on any atom is -0.497 e. The standard InChI is InChI=1S/C15H20O4/c1-17-13-8-12(9-14(10-13)18-2)15(16)7-11-3-5-19-6-4-11/h8-11H,3-7H2,1-2H3. The monoisotopic (exact) mass is 264 g/mol. The van der Waals surface area contributed by atoms with Gasteiger partial charge in [0.15, 0.2) is 5.78 Å². The van der Waals surface area contributed by atoms with E-state index in [0.717, 1.165) is 26.1 Å².